The summed E-state index contributed by atoms with van der Waals surface area (Å²) in [4.78, 5) is 0. The van der Waals surface area contributed by atoms with Crippen LogP contribution in [0.3, 0.4) is 0 Å². The lowest BCUT2D eigenvalue weighted by Crippen LogP contribution is -1.93. The van der Waals surface area contributed by atoms with Crippen molar-refractivity contribution in [3.8, 4) is 44.5 Å². The fraction of sp³-hybridized carbons (Fsp3) is 0.0286. The zero-order chi connectivity index (χ0) is 23.6. The maximum atomic E-state index is 2.31. The van der Waals surface area contributed by atoms with Crippen molar-refractivity contribution in [2.24, 2.45) is 0 Å². The van der Waals surface area contributed by atoms with Crippen LogP contribution in [0.4, 0.5) is 0 Å². The Bertz CT molecular complexity index is 1550. The highest BCUT2D eigenvalue weighted by molar-refractivity contribution is 6.09. The van der Waals surface area contributed by atoms with Crippen LogP contribution in [-0.2, 0) is 0 Å². The Labute approximate surface area is 207 Å². The van der Waals surface area contributed by atoms with E-state index in [1.165, 1.54) is 60.8 Å². The molecule has 0 bridgehead atoms. The van der Waals surface area contributed by atoms with Crippen molar-refractivity contribution < 1.29 is 0 Å². The minimum absolute atomic E-state index is 1.23. The van der Waals surface area contributed by atoms with E-state index in [0.717, 1.165) is 0 Å². The van der Waals surface area contributed by atoms with Gasteiger partial charge in [-0.25, -0.2) is 0 Å². The lowest BCUT2D eigenvalue weighted by molar-refractivity contribution is 1.47. The molecule has 0 aromatic heterocycles. The Hall–Kier alpha value is -4.42. The molecule has 0 fully saturated rings. The Balaban J connectivity index is 1.67. The molecule has 0 amide bonds. The fourth-order valence-corrected chi connectivity index (χ4v) is 5.06. The molecule has 0 unspecified atom stereocenters. The molecule has 0 aliphatic rings. The third kappa shape index (κ3) is 3.94. The van der Waals surface area contributed by atoms with E-state index >= 15 is 0 Å². The van der Waals surface area contributed by atoms with Gasteiger partial charge >= 0.3 is 0 Å². The van der Waals surface area contributed by atoms with Crippen LogP contribution in [0.1, 0.15) is 5.56 Å². The van der Waals surface area contributed by atoms with Gasteiger partial charge in [-0.1, -0.05) is 145 Å². The summed E-state index contributed by atoms with van der Waals surface area (Å²) in [7, 11) is 0. The lowest BCUT2D eigenvalue weighted by Gasteiger charge is -2.19. The predicted molar refractivity (Wildman–Crippen MR) is 150 cm³/mol. The van der Waals surface area contributed by atoms with E-state index < -0.39 is 0 Å². The Morgan fingerprint density at radius 2 is 0.771 bits per heavy atom. The van der Waals surface area contributed by atoms with E-state index in [-0.39, 0.29) is 0 Å². The van der Waals surface area contributed by atoms with Crippen molar-refractivity contribution >= 4 is 10.8 Å². The highest BCUT2D eigenvalue weighted by atomic mass is 14.2. The molecule has 6 aromatic carbocycles. The quantitative estimate of drug-likeness (QED) is 0.253. The normalized spacial score (nSPS) is 11.0. The maximum Gasteiger partial charge on any atom is -0.00206 e. The van der Waals surface area contributed by atoms with Gasteiger partial charge in [0.2, 0.25) is 0 Å². The van der Waals surface area contributed by atoms with Crippen molar-refractivity contribution in [2.75, 3.05) is 0 Å². The number of fused-ring (bicyclic) bond motifs is 1. The van der Waals surface area contributed by atoms with Gasteiger partial charge in [0.05, 0.1) is 0 Å². The molecule has 0 atom stereocenters. The monoisotopic (exact) mass is 446 g/mol. The first-order valence-electron chi connectivity index (χ1n) is 12.1. The van der Waals surface area contributed by atoms with Crippen molar-refractivity contribution in [3.63, 3.8) is 0 Å². The van der Waals surface area contributed by atoms with Gasteiger partial charge < -0.3 is 0 Å². The van der Waals surface area contributed by atoms with Crippen LogP contribution in [0, 0.1) is 6.92 Å². The van der Waals surface area contributed by atoms with Crippen LogP contribution in [0.5, 0.6) is 0 Å². The fourth-order valence-electron chi connectivity index (χ4n) is 5.06. The standard InChI is InChI=1S/C35H26/c1-25-19-21-28(22-20-25)29-23-24-34(33-16-9-8-15-32(29)33)35-30(26-11-4-2-5-12-26)17-10-18-31(35)27-13-6-3-7-14-27/h2-24H,1H3. The SMILES string of the molecule is Cc1ccc(-c2ccc(-c3c(-c4ccccc4)cccc3-c3ccccc3)c3ccccc23)cc1. The molecule has 0 nitrogen and oxygen atoms in total. The lowest BCUT2D eigenvalue weighted by atomic mass is 9.84. The van der Waals surface area contributed by atoms with Crippen LogP contribution in [0.15, 0.2) is 140 Å². The van der Waals surface area contributed by atoms with Crippen LogP contribution in [0.2, 0.25) is 0 Å². The van der Waals surface area contributed by atoms with Gasteiger partial charge in [0, 0.05) is 0 Å². The Morgan fingerprint density at radius 1 is 0.314 bits per heavy atom. The summed E-state index contributed by atoms with van der Waals surface area (Å²) in [6.07, 6.45) is 0. The highest BCUT2D eigenvalue weighted by Crippen LogP contribution is 2.44. The molecule has 0 radical (unpaired) electrons. The number of hydrogen-bond acceptors (Lipinski definition) is 0. The molecule has 166 valence electrons. The molecule has 0 heterocycles. The topological polar surface area (TPSA) is 0 Å². The zero-order valence-corrected chi connectivity index (χ0v) is 19.8. The third-order valence-electron chi connectivity index (χ3n) is 6.79. The van der Waals surface area contributed by atoms with Gasteiger partial charge in [-0.2, -0.15) is 0 Å². The van der Waals surface area contributed by atoms with E-state index in [2.05, 4.69) is 146 Å². The highest BCUT2D eigenvalue weighted by Gasteiger charge is 2.17. The first-order valence-corrected chi connectivity index (χ1v) is 12.1. The predicted octanol–water partition coefficient (Wildman–Crippen LogP) is 9.82. The van der Waals surface area contributed by atoms with Crippen LogP contribution >= 0.6 is 0 Å². The number of benzene rings is 6. The smallest absolute Gasteiger partial charge is 0.00206 e. The van der Waals surface area contributed by atoms with Gasteiger partial charge in [0.15, 0.2) is 0 Å². The van der Waals surface area contributed by atoms with Crippen molar-refractivity contribution in [2.45, 2.75) is 6.92 Å². The molecule has 6 aromatic rings. The van der Waals surface area contributed by atoms with E-state index in [1.807, 2.05) is 0 Å². The first-order chi connectivity index (χ1) is 17.3. The zero-order valence-electron chi connectivity index (χ0n) is 19.8. The van der Waals surface area contributed by atoms with Crippen LogP contribution in [-0.4, -0.2) is 0 Å². The minimum atomic E-state index is 1.23. The second kappa shape index (κ2) is 9.08. The summed E-state index contributed by atoms with van der Waals surface area (Å²) in [6.45, 7) is 2.14. The maximum absolute atomic E-state index is 2.31. The van der Waals surface area contributed by atoms with Gasteiger partial charge in [-0.15, -0.1) is 0 Å². The van der Waals surface area contributed by atoms with Gasteiger partial charge in [-0.3, -0.25) is 0 Å². The molecule has 0 aliphatic carbocycles. The molecule has 0 N–H and O–H groups in total. The molecule has 0 spiro atoms. The molecule has 0 aliphatic heterocycles. The second-order valence-electron chi connectivity index (χ2n) is 9.03. The molecular formula is C35H26. The van der Waals surface area contributed by atoms with Crippen molar-refractivity contribution in [1.29, 1.82) is 0 Å². The van der Waals surface area contributed by atoms with Gasteiger partial charge in [0.25, 0.3) is 0 Å². The van der Waals surface area contributed by atoms with E-state index in [9.17, 15) is 0 Å². The number of hydrogen-bond donors (Lipinski definition) is 0. The largest absolute Gasteiger partial charge is 0.0622 e. The van der Waals surface area contributed by atoms with E-state index in [0.29, 0.717) is 0 Å². The number of rotatable bonds is 4. The second-order valence-corrected chi connectivity index (χ2v) is 9.03. The molecule has 0 saturated carbocycles. The third-order valence-corrected chi connectivity index (χ3v) is 6.79. The summed E-state index contributed by atoms with van der Waals surface area (Å²) in [5.41, 5.74) is 11.3. The molecular weight excluding hydrogens is 420 g/mol. The minimum Gasteiger partial charge on any atom is -0.0622 e. The average Bonchev–Trinajstić information content (AvgIpc) is 2.94. The summed E-state index contributed by atoms with van der Waals surface area (Å²) in [5.74, 6) is 0. The Kier molecular flexibility index (Phi) is 5.48. The summed E-state index contributed by atoms with van der Waals surface area (Å²) >= 11 is 0. The van der Waals surface area contributed by atoms with Crippen molar-refractivity contribution in [1.82, 2.24) is 0 Å². The van der Waals surface area contributed by atoms with E-state index in [1.54, 1.807) is 0 Å². The van der Waals surface area contributed by atoms with E-state index in [4.69, 9.17) is 0 Å². The molecule has 35 heavy (non-hydrogen) atoms. The molecule has 6 rings (SSSR count). The van der Waals surface area contributed by atoms with Crippen LogP contribution < -0.4 is 0 Å². The Morgan fingerprint density at radius 3 is 1.34 bits per heavy atom. The summed E-state index contributed by atoms with van der Waals surface area (Å²) < 4.78 is 0. The van der Waals surface area contributed by atoms with Gasteiger partial charge in [-0.05, 0) is 62.2 Å². The van der Waals surface area contributed by atoms with Gasteiger partial charge in [0.1, 0.15) is 0 Å². The van der Waals surface area contributed by atoms with Crippen LogP contribution in [0.25, 0.3) is 55.3 Å². The first kappa shape index (κ1) is 21.1. The number of aryl methyl sites for hydroxylation is 1. The molecule has 0 heteroatoms. The average molecular weight is 447 g/mol. The molecule has 0 saturated heterocycles. The van der Waals surface area contributed by atoms with Crippen molar-refractivity contribution in [3.05, 3.63) is 145 Å². The summed E-state index contributed by atoms with van der Waals surface area (Å²) in [6, 6.07) is 50.4. The summed E-state index contributed by atoms with van der Waals surface area (Å²) in [5, 5.41) is 2.54.